The molecule has 0 aliphatic carbocycles. The molecule has 0 saturated carbocycles. The normalized spacial score (nSPS) is 23.1. The Kier molecular flexibility index (Phi) is 5.68. The molecule has 1 aromatic rings. The van der Waals surface area contributed by atoms with Crippen LogP contribution in [0.1, 0.15) is 46.2 Å². The molecule has 2 aliphatic heterocycles. The second-order valence-electron chi connectivity index (χ2n) is 9.02. The minimum atomic E-state index is -1.10. The summed E-state index contributed by atoms with van der Waals surface area (Å²) in [5.74, 6) is -1.57. The van der Waals surface area contributed by atoms with Gasteiger partial charge in [-0.15, -0.1) is 0 Å². The lowest BCUT2D eigenvalue weighted by molar-refractivity contribution is -0.710. The highest BCUT2D eigenvalue weighted by Crippen LogP contribution is 2.34. The summed E-state index contributed by atoms with van der Waals surface area (Å²) in [4.78, 5) is 52.6. The monoisotopic (exact) mass is 433 g/mol. The number of carbonyl (C=O) groups excluding carboxylic acids is 3. The van der Waals surface area contributed by atoms with Crippen LogP contribution in [-0.4, -0.2) is 64.7 Å². The SMILES string of the molecule is CC1[C@H](NC(=O)[C@H](C)N(C)C(=O)OC(C)(C)C)C(=O)N2c3c(ccc[n+]31)C[C@H]2C(=O)O. The van der Waals surface area contributed by atoms with E-state index in [1.54, 1.807) is 46.0 Å². The van der Waals surface area contributed by atoms with Crippen molar-refractivity contribution in [1.82, 2.24) is 10.2 Å². The molecule has 0 fully saturated rings. The number of aromatic nitrogens is 1. The van der Waals surface area contributed by atoms with Crippen LogP contribution in [0.15, 0.2) is 18.3 Å². The first-order valence-corrected chi connectivity index (χ1v) is 10.2. The Morgan fingerprint density at radius 1 is 1.35 bits per heavy atom. The van der Waals surface area contributed by atoms with E-state index in [0.29, 0.717) is 5.82 Å². The number of aliphatic carboxylic acids is 1. The van der Waals surface area contributed by atoms with Crippen LogP contribution < -0.4 is 14.8 Å². The summed E-state index contributed by atoms with van der Waals surface area (Å²) in [6.45, 7) is 8.50. The van der Waals surface area contributed by atoms with Gasteiger partial charge in [0.25, 0.3) is 5.82 Å². The van der Waals surface area contributed by atoms with Crippen LogP contribution in [0.2, 0.25) is 0 Å². The third-order valence-electron chi connectivity index (χ3n) is 5.68. The van der Waals surface area contributed by atoms with Crippen LogP contribution in [0.3, 0.4) is 0 Å². The molecule has 168 valence electrons. The van der Waals surface area contributed by atoms with E-state index in [9.17, 15) is 24.3 Å². The van der Waals surface area contributed by atoms with E-state index in [0.717, 1.165) is 10.5 Å². The van der Waals surface area contributed by atoms with Crippen LogP contribution in [0, 0.1) is 0 Å². The summed E-state index contributed by atoms with van der Waals surface area (Å²) in [5, 5.41) is 12.3. The van der Waals surface area contributed by atoms with Crippen molar-refractivity contribution in [3.63, 3.8) is 0 Å². The zero-order valence-corrected chi connectivity index (χ0v) is 18.6. The van der Waals surface area contributed by atoms with Crippen molar-refractivity contribution in [2.24, 2.45) is 0 Å². The molecule has 3 heterocycles. The number of carboxylic acid groups (broad SMARTS) is 1. The minimum Gasteiger partial charge on any atom is -0.478 e. The molecule has 3 amide bonds. The highest BCUT2D eigenvalue weighted by atomic mass is 16.6. The summed E-state index contributed by atoms with van der Waals surface area (Å²) < 4.78 is 7.11. The van der Waals surface area contributed by atoms with Crippen molar-refractivity contribution in [3.05, 3.63) is 23.9 Å². The fourth-order valence-corrected chi connectivity index (χ4v) is 3.87. The fourth-order valence-electron chi connectivity index (χ4n) is 3.87. The van der Waals surface area contributed by atoms with Crippen molar-refractivity contribution in [3.8, 4) is 0 Å². The lowest BCUT2D eigenvalue weighted by Crippen LogP contribution is -2.67. The summed E-state index contributed by atoms with van der Waals surface area (Å²) in [7, 11) is 1.45. The van der Waals surface area contributed by atoms with Crippen LogP contribution >= 0.6 is 0 Å². The average Bonchev–Trinajstić information content (AvgIpc) is 3.07. The second kappa shape index (κ2) is 7.82. The number of anilines is 1. The molecular weight excluding hydrogens is 404 g/mol. The molecule has 4 atom stereocenters. The Morgan fingerprint density at radius 3 is 2.58 bits per heavy atom. The number of pyridine rings is 1. The number of hydrogen-bond donors (Lipinski definition) is 2. The van der Waals surface area contributed by atoms with Gasteiger partial charge in [0.1, 0.15) is 17.7 Å². The van der Waals surface area contributed by atoms with Gasteiger partial charge in [0, 0.05) is 19.0 Å². The number of rotatable bonds is 4. The summed E-state index contributed by atoms with van der Waals surface area (Å²) in [6, 6.07) is 0.263. The Morgan fingerprint density at radius 2 is 2.00 bits per heavy atom. The lowest BCUT2D eigenvalue weighted by Gasteiger charge is -2.33. The van der Waals surface area contributed by atoms with Crippen molar-refractivity contribution in [2.45, 2.75) is 70.8 Å². The van der Waals surface area contributed by atoms with Gasteiger partial charge in [0.05, 0.1) is 6.20 Å². The van der Waals surface area contributed by atoms with Gasteiger partial charge in [0.2, 0.25) is 11.9 Å². The number of carboxylic acids is 1. The van der Waals surface area contributed by atoms with Crippen molar-refractivity contribution < 1.29 is 33.6 Å². The number of carbonyl (C=O) groups is 4. The maximum atomic E-state index is 13.3. The Balaban J connectivity index is 1.82. The lowest BCUT2D eigenvalue weighted by atomic mass is 10.0. The number of nitrogens with zero attached hydrogens (tertiary/aromatic N) is 3. The van der Waals surface area contributed by atoms with Gasteiger partial charge in [-0.05, 0) is 46.8 Å². The standard InChI is InChI=1S/C21H28N4O6/c1-11-15(22-16(26)12(2)23(6)20(30)31-21(3,4)5)18(27)25-14(19(28)29)10-13-8-7-9-24(11)17(13)25/h7-9,11-12,14-15H,10H2,1-6H3,(H-,22,26,28,29)/p+1/t11?,12-,14-,15-/m0/s1. The molecule has 0 radical (unpaired) electrons. The van der Waals surface area contributed by atoms with E-state index >= 15 is 0 Å². The first-order chi connectivity index (χ1) is 14.3. The Hall–Kier alpha value is -3.17. The van der Waals surface area contributed by atoms with Gasteiger partial charge in [-0.25, -0.2) is 19.0 Å². The van der Waals surface area contributed by atoms with Gasteiger partial charge in [-0.1, -0.05) is 0 Å². The number of nitrogens with one attached hydrogen (secondary N) is 1. The van der Waals surface area contributed by atoms with E-state index in [1.807, 2.05) is 4.57 Å². The smallest absolute Gasteiger partial charge is 0.410 e. The zero-order valence-electron chi connectivity index (χ0n) is 18.6. The van der Waals surface area contributed by atoms with Gasteiger partial charge in [-0.2, -0.15) is 4.90 Å². The molecule has 1 aromatic heterocycles. The van der Waals surface area contributed by atoms with Crippen LogP contribution in [0.4, 0.5) is 10.6 Å². The fraction of sp³-hybridized carbons (Fsp3) is 0.571. The number of likely N-dealkylation sites (N-methyl/N-ethyl adjacent to an activating group) is 1. The van der Waals surface area contributed by atoms with Crippen LogP contribution in [-0.2, 0) is 25.5 Å². The molecule has 31 heavy (non-hydrogen) atoms. The van der Waals surface area contributed by atoms with Crippen molar-refractivity contribution >= 4 is 29.7 Å². The second-order valence-corrected chi connectivity index (χ2v) is 9.02. The van der Waals surface area contributed by atoms with Gasteiger partial charge >= 0.3 is 18.0 Å². The van der Waals surface area contributed by atoms with E-state index in [2.05, 4.69) is 5.32 Å². The van der Waals surface area contributed by atoms with Crippen molar-refractivity contribution in [2.75, 3.05) is 11.9 Å². The molecule has 2 aliphatic rings. The molecule has 0 spiro atoms. The largest absolute Gasteiger partial charge is 0.478 e. The molecular formula is C21H29N4O6+. The van der Waals surface area contributed by atoms with Gasteiger partial charge < -0.3 is 15.2 Å². The molecule has 10 nitrogen and oxygen atoms in total. The van der Waals surface area contributed by atoms with Crippen LogP contribution in [0.25, 0.3) is 0 Å². The van der Waals surface area contributed by atoms with Gasteiger partial charge in [0.15, 0.2) is 6.04 Å². The Labute approximate surface area is 180 Å². The average molecular weight is 433 g/mol. The molecule has 0 saturated heterocycles. The van der Waals surface area contributed by atoms with E-state index in [-0.39, 0.29) is 6.42 Å². The predicted octanol–water partition coefficient (Wildman–Crippen LogP) is 0.631. The van der Waals surface area contributed by atoms with Gasteiger partial charge in [-0.3, -0.25) is 9.69 Å². The maximum absolute atomic E-state index is 13.3. The highest BCUT2D eigenvalue weighted by Gasteiger charge is 2.55. The summed E-state index contributed by atoms with van der Waals surface area (Å²) in [6.07, 6.45) is 1.32. The first-order valence-electron chi connectivity index (χ1n) is 10.2. The van der Waals surface area contributed by atoms with Crippen molar-refractivity contribution in [1.29, 1.82) is 0 Å². The van der Waals surface area contributed by atoms with E-state index in [4.69, 9.17) is 4.74 Å². The minimum absolute atomic E-state index is 0.211. The molecule has 0 aromatic carbocycles. The third-order valence-corrected chi connectivity index (χ3v) is 5.68. The summed E-state index contributed by atoms with van der Waals surface area (Å²) in [5.41, 5.74) is 0.0626. The van der Waals surface area contributed by atoms with E-state index < -0.39 is 53.6 Å². The third kappa shape index (κ3) is 4.06. The molecule has 2 N–H and O–H groups in total. The number of ether oxygens (including phenoxy) is 1. The first kappa shape index (κ1) is 22.5. The quantitative estimate of drug-likeness (QED) is 0.672. The summed E-state index contributed by atoms with van der Waals surface area (Å²) >= 11 is 0. The maximum Gasteiger partial charge on any atom is 0.410 e. The topological polar surface area (TPSA) is 120 Å². The molecule has 0 bridgehead atoms. The van der Waals surface area contributed by atoms with E-state index in [1.165, 1.54) is 18.9 Å². The molecule has 10 heteroatoms. The van der Waals surface area contributed by atoms with Crippen LogP contribution in [0.5, 0.6) is 0 Å². The zero-order chi connectivity index (χ0) is 23.2. The number of hydrogen-bond acceptors (Lipinski definition) is 5. The number of amides is 3. The molecule has 1 unspecified atom stereocenters. The predicted molar refractivity (Wildman–Crippen MR) is 109 cm³/mol. The highest BCUT2D eigenvalue weighted by molar-refractivity contribution is 6.05. The molecule has 3 rings (SSSR count). The Bertz CT molecular complexity index is 940.